The van der Waals surface area contributed by atoms with E-state index >= 15 is 0 Å². The third kappa shape index (κ3) is 4.49. The number of aliphatic hydroxyl groups excluding tert-OH is 1. The molecule has 1 N–H and O–H groups in total. The monoisotopic (exact) mass is 279 g/mol. The summed E-state index contributed by atoms with van der Waals surface area (Å²) in [6, 6.07) is 0. The van der Waals surface area contributed by atoms with E-state index in [9.17, 15) is 4.79 Å². The van der Waals surface area contributed by atoms with Gasteiger partial charge in [0.1, 0.15) is 0 Å². The van der Waals surface area contributed by atoms with Crippen LogP contribution in [0.5, 0.6) is 0 Å². The zero-order chi connectivity index (χ0) is 11.1. The fraction of sp³-hybridized carbons (Fsp3) is 0.900. The first-order valence-electron chi connectivity index (χ1n) is 5.34. The van der Waals surface area contributed by atoms with Crippen molar-refractivity contribution in [3.8, 4) is 0 Å². The highest BCUT2D eigenvalue weighted by Gasteiger charge is 2.22. The normalized spacial score (nSPS) is 18.1. The second-order valence-corrected chi connectivity index (χ2v) is 4.41. The van der Waals surface area contributed by atoms with Gasteiger partial charge in [-0.05, 0) is 12.8 Å². The van der Waals surface area contributed by atoms with E-state index in [-0.39, 0.29) is 18.6 Å². The standard InChI is InChI=1S/C10H18BrNO3/c11-4-1-10(14)12-5-2-9(3-6-12)15-8-7-13/h9,13H,1-8H2. The maximum atomic E-state index is 11.5. The summed E-state index contributed by atoms with van der Waals surface area (Å²) in [7, 11) is 0. The Hall–Kier alpha value is -0.130. The Morgan fingerprint density at radius 2 is 2.13 bits per heavy atom. The molecule has 4 nitrogen and oxygen atoms in total. The first-order chi connectivity index (χ1) is 7.27. The number of hydrogen-bond acceptors (Lipinski definition) is 3. The molecular weight excluding hydrogens is 262 g/mol. The first-order valence-corrected chi connectivity index (χ1v) is 6.46. The summed E-state index contributed by atoms with van der Waals surface area (Å²) < 4.78 is 5.42. The zero-order valence-corrected chi connectivity index (χ0v) is 10.4. The molecular formula is C10H18BrNO3. The highest BCUT2D eigenvalue weighted by molar-refractivity contribution is 9.09. The number of rotatable bonds is 5. The van der Waals surface area contributed by atoms with Gasteiger partial charge in [0.05, 0.1) is 19.3 Å². The maximum absolute atomic E-state index is 11.5. The van der Waals surface area contributed by atoms with Crippen LogP contribution in [0.2, 0.25) is 0 Å². The van der Waals surface area contributed by atoms with Gasteiger partial charge in [-0.1, -0.05) is 15.9 Å². The van der Waals surface area contributed by atoms with Gasteiger partial charge in [-0.25, -0.2) is 0 Å². The molecule has 1 heterocycles. The highest BCUT2D eigenvalue weighted by Crippen LogP contribution is 2.14. The van der Waals surface area contributed by atoms with Crippen molar-refractivity contribution in [2.45, 2.75) is 25.4 Å². The first kappa shape index (κ1) is 12.9. The van der Waals surface area contributed by atoms with Gasteiger partial charge < -0.3 is 14.7 Å². The highest BCUT2D eigenvalue weighted by atomic mass is 79.9. The number of carbonyl (C=O) groups excluding carboxylic acids is 1. The summed E-state index contributed by atoms with van der Waals surface area (Å²) >= 11 is 3.26. The van der Waals surface area contributed by atoms with Crippen LogP contribution in [0, 0.1) is 0 Å². The summed E-state index contributed by atoms with van der Waals surface area (Å²) in [4.78, 5) is 13.4. The molecule has 1 fully saturated rings. The minimum Gasteiger partial charge on any atom is -0.394 e. The lowest BCUT2D eigenvalue weighted by atomic mass is 10.1. The van der Waals surface area contributed by atoms with E-state index in [0.29, 0.717) is 13.0 Å². The number of nitrogens with zero attached hydrogens (tertiary/aromatic N) is 1. The van der Waals surface area contributed by atoms with Gasteiger partial charge in [0.25, 0.3) is 0 Å². The van der Waals surface area contributed by atoms with Crippen molar-refractivity contribution in [2.24, 2.45) is 0 Å². The van der Waals surface area contributed by atoms with Gasteiger partial charge in [0.2, 0.25) is 5.91 Å². The molecule has 1 aliphatic heterocycles. The van der Waals surface area contributed by atoms with Gasteiger partial charge in [-0.3, -0.25) is 4.79 Å². The molecule has 1 rings (SSSR count). The van der Waals surface area contributed by atoms with E-state index in [4.69, 9.17) is 9.84 Å². The Labute approximate surface area is 98.7 Å². The van der Waals surface area contributed by atoms with Crippen LogP contribution in [0.4, 0.5) is 0 Å². The quantitative estimate of drug-likeness (QED) is 0.757. The molecule has 0 bridgehead atoms. The second kappa shape index (κ2) is 7.19. The van der Waals surface area contributed by atoms with Crippen LogP contribution in [-0.4, -0.2) is 53.7 Å². The molecule has 0 aromatic carbocycles. The molecule has 88 valence electrons. The number of alkyl halides is 1. The van der Waals surface area contributed by atoms with Crippen LogP contribution in [0.3, 0.4) is 0 Å². The lowest BCUT2D eigenvalue weighted by Crippen LogP contribution is -2.41. The van der Waals surface area contributed by atoms with Crippen LogP contribution in [-0.2, 0) is 9.53 Å². The predicted molar refractivity (Wildman–Crippen MR) is 61.1 cm³/mol. The van der Waals surface area contributed by atoms with E-state index < -0.39 is 0 Å². The van der Waals surface area contributed by atoms with Crippen LogP contribution in [0.1, 0.15) is 19.3 Å². The molecule has 1 amide bonds. The molecule has 0 aromatic heterocycles. The number of likely N-dealkylation sites (tertiary alicyclic amines) is 1. The van der Waals surface area contributed by atoms with E-state index in [1.54, 1.807) is 0 Å². The molecule has 0 unspecified atom stereocenters. The van der Waals surface area contributed by atoms with Crippen LogP contribution in [0.15, 0.2) is 0 Å². The molecule has 1 aliphatic rings. The van der Waals surface area contributed by atoms with Gasteiger partial charge >= 0.3 is 0 Å². The van der Waals surface area contributed by atoms with Gasteiger partial charge in [-0.15, -0.1) is 0 Å². The van der Waals surface area contributed by atoms with Gasteiger partial charge in [0, 0.05) is 24.8 Å². The lowest BCUT2D eigenvalue weighted by Gasteiger charge is -2.31. The SMILES string of the molecule is O=C(CCBr)N1CCC(OCCO)CC1. The van der Waals surface area contributed by atoms with Crippen molar-refractivity contribution in [3.05, 3.63) is 0 Å². The van der Waals surface area contributed by atoms with Crippen molar-refractivity contribution in [1.29, 1.82) is 0 Å². The van der Waals surface area contributed by atoms with Crippen LogP contribution >= 0.6 is 15.9 Å². The van der Waals surface area contributed by atoms with E-state index in [1.165, 1.54) is 0 Å². The summed E-state index contributed by atoms with van der Waals surface area (Å²) in [6.07, 6.45) is 2.55. The number of hydrogen-bond donors (Lipinski definition) is 1. The maximum Gasteiger partial charge on any atom is 0.223 e. The lowest BCUT2D eigenvalue weighted by molar-refractivity contribution is -0.133. The van der Waals surface area contributed by atoms with Crippen molar-refractivity contribution in [2.75, 3.05) is 31.6 Å². The Kier molecular flexibility index (Phi) is 6.20. The summed E-state index contributed by atoms with van der Waals surface area (Å²) in [6.45, 7) is 2.03. The van der Waals surface area contributed by atoms with Gasteiger partial charge in [0.15, 0.2) is 0 Å². The number of halogens is 1. The fourth-order valence-electron chi connectivity index (χ4n) is 1.73. The molecule has 0 atom stereocenters. The molecule has 0 aliphatic carbocycles. The Morgan fingerprint density at radius 3 is 2.67 bits per heavy atom. The third-order valence-corrected chi connectivity index (χ3v) is 2.94. The van der Waals surface area contributed by atoms with Crippen LogP contribution in [0.25, 0.3) is 0 Å². The Balaban J connectivity index is 2.20. The van der Waals surface area contributed by atoms with E-state index in [0.717, 1.165) is 31.3 Å². The predicted octanol–water partition coefficient (Wildman–Crippen LogP) is 0.771. The van der Waals surface area contributed by atoms with E-state index in [2.05, 4.69) is 15.9 Å². The average Bonchev–Trinajstić information content (AvgIpc) is 2.27. The topological polar surface area (TPSA) is 49.8 Å². The molecule has 5 heteroatoms. The van der Waals surface area contributed by atoms with E-state index in [1.807, 2.05) is 4.90 Å². The summed E-state index contributed by atoms with van der Waals surface area (Å²) in [5.41, 5.74) is 0. The molecule has 0 saturated carbocycles. The smallest absolute Gasteiger partial charge is 0.223 e. The summed E-state index contributed by atoms with van der Waals surface area (Å²) in [5, 5.41) is 9.34. The zero-order valence-electron chi connectivity index (χ0n) is 8.82. The number of ether oxygens (including phenoxy) is 1. The largest absolute Gasteiger partial charge is 0.394 e. The number of carbonyl (C=O) groups is 1. The molecule has 0 radical (unpaired) electrons. The Bertz CT molecular complexity index is 193. The second-order valence-electron chi connectivity index (χ2n) is 3.61. The van der Waals surface area contributed by atoms with Crippen molar-refractivity contribution in [3.63, 3.8) is 0 Å². The summed E-state index contributed by atoms with van der Waals surface area (Å²) in [5.74, 6) is 0.215. The molecule has 15 heavy (non-hydrogen) atoms. The van der Waals surface area contributed by atoms with Crippen molar-refractivity contribution < 1.29 is 14.6 Å². The minimum absolute atomic E-state index is 0.0722. The molecule has 0 spiro atoms. The van der Waals surface area contributed by atoms with Crippen LogP contribution < -0.4 is 0 Å². The minimum atomic E-state index is 0.0722. The average molecular weight is 280 g/mol. The molecule has 0 aromatic rings. The number of piperidine rings is 1. The fourth-order valence-corrected chi connectivity index (χ4v) is 2.07. The number of aliphatic hydroxyl groups is 1. The third-order valence-electron chi connectivity index (χ3n) is 2.55. The number of amides is 1. The Morgan fingerprint density at radius 1 is 1.47 bits per heavy atom. The van der Waals surface area contributed by atoms with Crippen molar-refractivity contribution in [1.82, 2.24) is 4.90 Å². The van der Waals surface area contributed by atoms with Crippen molar-refractivity contribution >= 4 is 21.8 Å². The van der Waals surface area contributed by atoms with Gasteiger partial charge in [-0.2, -0.15) is 0 Å². The molecule has 1 saturated heterocycles.